The number of hydrogen-bond donors (Lipinski definition) is 0. The van der Waals surface area contributed by atoms with Gasteiger partial charge in [-0.3, -0.25) is 0 Å². The van der Waals surface area contributed by atoms with Crippen LogP contribution in [0.4, 0.5) is 0 Å². The number of rotatable bonds is 6. The first-order valence-corrected chi connectivity index (χ1v) is 23.7. The van der Waals surface area contributed by atoms with Gasteiger partial charge in [0.15, 0.2) is 17.5 Å². The van der Waals surface area contributed by atoms with Gasteiger partial charge in [-0.1, -0.05) is 237 Å². The third-order valence-electron chi connectivity index (χ3n) is 14.6. The summed E-state index contributed by atoms with van der Waals surface area (Å²) in [5, 5.41) is 4.63. The van der Waals surface area contributed by atoms with Crippen LogP contribution in [-0.2, 0) is 5.41 Å². The first-order chi connectivity index (χ1) is 34.2. The lowest BCUT2D eigenvalue weighted by Gasteiger charge is -2.30. The summed E-state index contributed by atoms with van der Waals surface area (Å²) in [4.78, 5) is 15.7. The van der Waals surface area contributed by atoms with E-state index in [1.807, 2.05) is 24.3 Å². The van der Waals surface area contributed by atoms with Crippen LogP contribution >= 0.6 is 0 Å². The molecule has 0 unspecified atom stereocenters. The molecule has 2 aliphatic rings. The summed E-state index contributed by atoms with van der Waals surface area (Å²) >= 11 is 0. The quantitative estimate of drug-likeness (QED) is 0.167. The maximum absolute atomic E-state index is 5.30. The minimum atomic E-state index is -0.405. The topological polar surface area (TPSA) is 38.7 Å². The van der Waals surface area contributed by atoms with E-state index in [0.29, 0.717) is 17.5 Å². The molecule has 0 saturated carbocycles. The predicted octanol–water partition coefficient (Wildman–Crippen LogP) is 16.5. The van der Waals surface area contributed by atoms with Gasteiger partial charge in [-0.15, -0.1) is 0 Å². The second-order valence-corrected chi connectivity index (χ2v) is 18.1. The molecule has 1 heterocycles. The van der Waals surface area contributed by atoms with Gasteiger partial charge in [-0.05, 0) is 112 Å². The summed E-state index contributed by atoms with van der Waals surface area (Å²) in [7, 11) is 0. The Balaban J connectivity index is 0.926. The molecule has 0 fully saturated rings. The van der Waals surface area contributed by atoms with E-state index < -0.39 is 5.41 Å². The third-order valence-corrected chi connectivity index (χ3v) is 14.6. The summed E-state index contributed by atoms with van der Waals surface area (Å²) in [6, 6.07) is 90.0. The fraction of sp³-hybridized carbons (Fsp3) is 0.0152. The molecule has 2 aliphatic carbocycles. The molecular formula is C66H41N3. The molecule has 0 saturated heterocycles. The smallest absolute Gasteiger partial charge is 0.164 e. The highest BCUT2D eigenvalue weighted by Crippen LogP contribution is 2.63. The lowest BCUT2D eigenvalue weighted by molar-refractivity contribution is 0.794. The van der Waals surface area contributed by atoms with Crippen LogP contribution in [-0.4, -0.2) is 15.0 Å². The van der Waals surface area contributed by atoms with Crippen LogP contribution in [0.5, 0.6) is 0 Å². The van der Waals surface area contributed by atoms with E-state index in [1.165, 1.54) is 72.0 Å². The minimum absolute atomic E-state index is 0.405. The van der Waals surface area contributed by atoms with Crippen LogP contribution in [0, 0.1) is 0 Å². The number of benzene rings is 11. The van der Waals surface area contributed by atoms with Crippen molar-refractivity contribution in [3.8, 4) is 89.8 Å². The van der Waals surface area contributed by atoms with Gasteiger partial charge in [0.2, 0.25) is 0 Å². The van der Waals surface area contributed by atoms with Gasteiger partial charge in [0, 0.05) is 16.7 Å². The zero-order valence-corrected chi connectivity index (χ0v) is 37.5. The van der Waals surface area contributed by atoms with Gasteiger partial charge in [0.05, 0.1) is 5.41 Å². The Labute approximate surface area is 400 Å². The summed E-state index contributed by atoms with van der Waals surface area (Å²) in [6.45, 7) is 0. The zero-order valence-electron chi connectivity index (χ0n) is 37.5. The lowest BCUT2D eigenvalue weighted by atomic mass is 9.70. The predicted molar refractivity (Wildman–Crippen MR) is 284 cm³/mol. The SMILES string of the molecule is c1ccc(-c2nc(-c3ccccc3-c3ccccc3)nc(-c3ccc(-c4ccc(-c5ccc6c(c5)C5(c7ccccc7-c7ccccc75)c5ccccc5-6)c5ccccc45)c4ccccc34)n2)cc1. The summed E-state index contributed by atoms with van der Waals surface area (Å²) in [5.41, 5.74) is 20.0. The van der Waals surface area contributed by atoms with E-state index in [1.54, 1.807) is 0 Å². The van der Waals surface area contributed by atoms with E-state index in [9.17, 15) is 0 Å². The molecule has 11 aromatic carbocycles. The molecule has 3 heteroatoms. The average molecular weight is 876 g/mol. The summed E-state index contributed by atoms with van der Waals surface area (Å²) in [6.07, 6.45) is 0. The number of hydrogen-bond acceptors (Lipinski definition) is 3. The van der Waals surface area contributed by atoms with Crippen molar-refractivity contribution < 1.29 is 0 Å². The molecule has 320 valence electrons. The van der Waals surface area contributed by atoms with Crippen molar-refractivity contribution in [2.75, 3.05) is 0 Å². The van der Waals surface area contributed by atoms with E-state index in [0.717, 1.165) is 44.2 Å². The molecule has 0 radical (unpaired) electrons. The molecule has 1 spiro atoms. The highest BCUT2D eigenvalue weighted by atomic mass is 15.0. The lowest BCUT2D eigenvalue weighted by Crippen LogP contribution is -2.25. The fourth-order valence-corrected chi connectivity index (χ4v) is 11.7. The second kappa shape index (κ2) is 15.5. The van der Waals surface area contributed by atoms with Crippen molar-refractivity contribution in [2.24, 2.45) is 0 Å². The standard InChI is InChI=1S/C66H41N3/c1-3-19-42(20-4-1)45-23-7-12-31-57(45)64-67-63(43-21-5-2-6-22-43)68-65(69-64)58-40-39-52(49-26-10-11-27-50(49)58)51-38-37-46(47-24-8-9-25-48(47)51)44-35-36-56-55-30-15-18-34-61(55)66(62(56)41-44)59-32-16-13-28-53(59)54-29-14-17-33-60(54)66/h1-41H. The van der Waals surface area contributed by atoms with Crippen molar-refractivity contribution in [3.05, 3.63) is 271 Å². The van der Waals surface area contributed by atoms with Gasteiger partial charge in [0.25, 0.3) is 0 Å². The van der Waals surface area contributed by atoms with Crippen LogP contribution < -0.4 is 0 Å². The van der Waals surface area contributed by atoms with Gasteiger partial charge in [-0.2, -0.15) is 0 Å². The Bertz CT molecular complexity index is 3960. The monoisotopic (exact) mass is 875 g/mol. The maximum Gasteiger partial charge on any atom is 0.164 e. The van der Waals surface area contributed by atoms with E-state index in [4.69, 9.17) is 15.0 Å². The van der Waals surface area contributed by atoms with Crippen molar-refractivity contribution in [1.82, 2.24) is 15.0 Å². The minimum Gasteiger partial charge on any atom is -0.208 e. The molecular weight excluding hydrogens is 835 g/mol. The van der Waals surface area contributed by atoms with Crippen LogP contribution in [0.1, 0.15) is 22.3 Å². The maximum atomic E-state index is 5.30. The largest absolute Gasteiger partial charge is 0.208 e. The van der Waals surface area contributed by atoms with Crippen LogP contribution in [0.25, 0.3) is 111 Å². The molecule has 0 aliphatic heterocycles. The Morgan fingerprint density at radius 3 is 1.13 bits per heavy atom. The first kappa shape index (κ1) is 39.1. The van der Waals surface area contributed by atoms with Crippen molar-refractivity contribution in [2.45, 2.75) is 5.41 Å². The highest BCUT2D eigenvalue weighted by Gasteiger charge is 2.51. The van der Waals surface area contributed by atoms with E-state index in [-0.39, 0.29) is 0 Å². The molecule has 0 amide bonds. The summed E-state index contributed by atoms with van der Waals surface area (Å²) in [5.74, 6) is 1.90. The third kappa shape index (κ3) is 5.90. The summed E-state index contributed by atoms with van der Waals surface area (Å²) < 4.78 is 0. The molecule has 69 heavy (non-hydrogen) atoms. The molecule has 12 aromatic rings. The molecule has 1 aromatic heterocycles. The van der Waals surface area contributed by atoms with Crippen LogP contribution in [0.15, 0.2) is 249 Å². The van der Waals surface area contributed by atoms with E-state index >= 15 is 0 Å². The van der Waals surface area contributed by atoms with Crippen molar-refractivity contribution in [3.63, 3.8) is 0 Å². The molecule has 14 rings (SSSR count). The zero-order chi connectivity index (χ0) is 45.5. The molecule has 3 nitrogen and oxygen atoms in total. The van der Waals surface area contributed by atoms with Crippen molar-refractivity contribution >= 4 is 21.5 Å². The Morgan fingerprint density at radius 2 is 0.565 bits per heavy atom. The van der Waals surface area contributed by atoms with Crippen LogP contribution in [0.2, 0.25) is 0 Å². The number of nitrogens with zero attached hydrogens (tertiary/aromatic N) is 3. The first-order valence-electron chi connectivity index (χ1n) is 23.7. The Kier molecular flexibility index (Phi) is 8.80. The Morgan fingerprint density at radius 1 is 0.203 bits per heavy atom. The fourth-order valence-electron chi connectivity index (χ4n) is 11.7. The molecule has 0 N–H and O–H groups in total. The van der Waals surface area contributed by atoms with Gasteiger partial charge in [0.1, 0.15) is 0 Å². The molecule has 0 bridgehead atoms. The highest BCUT2D eigenvalue weighted by molar-refractivity contribution is 6.12. The molecule has 0 atom stereocenters. The van der Waals surface area contributed by atoms with Gasteiger partial charge < -0.3 is 0 Å². The van der Waals surface area contributed by atoms with Gasteiger partial charge >= 0.3 is 0 Å². The normalized spacial score (nSPS) is 12.8. The van der Waals surface area contributed by atoms with Crippen LogP contribution in [0.3, 0.4) is 0 Å². The number of aromatic nitrogens is 3. The van der Waals surface area contributed by atoms with Gasteiger partial charge in [-0.25, -0.2) is 15.0 Å². The second-order valence-electron chi connectivity index (χ2n) is 18.1. The Hall–Kier alpha value is -9.05. The number of fused-ring (bicyclic) bond motifs is 12. The van der Waals surface area contributed by atoms with E-state index in [2.05, 4.69) is 224 Å². The van der Waals surface area contributed by atoms with Crippen molar-refractivity contribution in [1.29, 1.82) is 0 Å². The average Bonchev–Trinajstić information content (AvgIpc) is 3.90.